The number of nitrogens with two attached hydrogens (primary N) is 1. The summed E-state index contributed by atoms with van der Waals surface area (Å²) in [4.78, 5) is 28.6. The fourth-order valence-corrected chi connectivity index (χ4v) is 2.69. The lowest BCUT2D eigenvalue weighted by molar-refractivity contribution is 0.483. The molecule has 7 N–H and O–H groups in total. The fourth-order valence-electron chi connectivity index (χ4n) is 2.35. The summed E-state index contributed by atoms with van der Waals surface area (Å²) in [6, 6.07) is 19.9. The predicted octanol–water partition coefficient (Wildman–Crippen LogP) is 2.37. The minimum Gasteiger partial charge on any atom is -0.423 e. The number of rotatable bonds is 3. The number of aromatic nitrogens is 1. The highest BCUT2D eigenvalue weighted by atomic mass is 32.2. The molecule has 4 rings (SSSR count). The SMILES string of the molecule is NP(O)O.O=S(=O)(O)CNc1cc2ccccc2[nH]1.O=c1ccc2ccccc2o1. The third-order valence-electron chi connectivity index (χ3n) is 3.50. The lowest BCUT2D eigenvalue weighted by atomic mass is 10.2. The van der Waals surface area contributed by atoms with Crippen LogP contribution in [-0.2, 0) is 10.1 Å². The molecule has 12 heteroatoms. The van der Waals surface area contributed by atoms with Crippen LogP contribution in [0.5, 0.6) is 0 Å². The van der Waals surface area contributed by atoms with Crippen molar-refractivity contribution in [3.8, 4) is 0 Å². The zero-order valence-corrected chi connectivity index (χ0v) is 17.2. The number of nitrogens with one attached hydrogen (secondary N) is 2. The van der Waals surface area contributed by atoms with E-state index in [9.17, 15) is 13.2 Å². The van der Waals surface area contributed by atoms with Crippen molar-refractivity contribution in [3.63, 3.8) is 0 Å². The van der Waals surface area contributed by atoms with Gasteiger partial charge in [0.25, 0.3) is 10.1 Å². The molecule has 0 aliphatic heterocycles. The molecule has 4 aromatic rings. The zero-order valence-electron chi connectivity index (χ0n) is 15.5. The number of para-hydroxylation sites is 2. The van der Waals surface area contributed by atoms with E-state index in [1.807, 2.05) is 42.5 Å². The Labute approximate surface area is 172 Å². The van der Waals surface area contributed by atoms with Crippen LogP contribution >= 0.6 is 8.53 Å². The molecule has 0 atom stereocenters. The van der Waals surface area contributed by atoms with Crippen LogP contribution in [0.15, 0.2) is 75.9 Å². The molecule has 0 spiro atoms. The topological polar surface area (TPSA) is 179 Å². The normalized spacial score (nSPS) is 10.8. The molecular weight excluding hydrogens is 433 g/mol. The molecular formula is C18H20N3O7PS. The summed E-state index contributed by atoms with van der Waals surface area (Å²) in [5.41, 5.74) is 5.54. The maximum atomic E-state index is 10.7. The van der Waals surface area contributed by atoms with Crippen molar-refractivity contribution in [3.05, 3.63) is 77.2 Å². The van der Waals surface area contributed by atoms with E-state index in [4.69, 9.17) is 18.8 Å². The zero-order chi connectivity index (χ0) is 22.1. The lowest BCUT2D eigenvalue weighted by Crippen LogP contribution is -2.12. The van der Waals surface area contributed by atoms with E-state index >= 15 is 0 Å². The average Bonchev–Trinajstić information content (AvgIpc) is 3.09. The number of hydrogen-bond donors (Lipinski definition) is 6. The molecule has 0 saturated heterocycles. The summed E-state index contributed by atoms with van der Waals surface area (Å²) in [5.74, 6) is 0.0636. The summed E-state index contributed by atoms with van der Waals surface area (Å²) in [7, 11) is -6.11. The van der Waals surface area contributed by atoms with Crippen molar-refractivity contribution in [2.75, 3.05) is 11.2 Å². The smallest absolute Gasteiger partial charge is 0.336 e. The summed E-state index contributed by atoms with van der Waals surface area (Å²) in [5, 5.41) is 4.51. The Morgan fingerprint density at radius 3 is 2.23 bits per heavy atom. The summed E-state index contributed by atoms with van der Waals surface area (Å²) < 4.78 is 34.5. The first-order chi connectivity index (χ1) is 14.1. The number of fused-ring (bicyclic) bond motifs is 2. The molecule has 0 fully saturated rings. The molecule has 30 heavy (non-hydrogen) atoms. The van der Waals surface area contributed by atoms with Crippen LogP contribution in [-0.4, -0.2) is 33.6 Å². The van der Waals surface area contributed by atoms with Gasteiger partial charge in [-0.3, -0.25) is 10.1 Å². The highest BCUT2D eigenvalue weighted by Crippen LogP contribution is 2.17. The first-order valence-electron chi connectivity index (χ1n) is 8.32. The molecule has 0 amide bonds. The number of aromatic amines is 1. The van der Waals surface area contributed by atoms with Crippen LogP contribution in [0.4, 0.5) is 5.82 Å². The van der Waals surface area contributed by atoms with Crippen LogP contribution < -0.4 is 16.4 Å². The third kappa shape index (κ3) is 8.29. The molecule has 10 nitrogen and oxygen atoms in total. The molecule has 0 bridgehead atoms. The van der Waals surface area contributed by atoms with Gasteiger partial charge in [-0.2, -0.15) is 8.42 Å². The van der Waals surface area contributed by atoms with Gasteiger partial charge in [0.05, 0.1) is 0 Å². The first-order valence-corrected chi connectivity index (χ1v) is 11.2. The van der Waals surface area contributed by atoms with Gasteiger partial charge in [0, 0.05) is 22.4 Å². The second-order valence-corrected chi connectivity index (χ2v) is 7.88. The summed E-state index contributed by atoms with van der Waals surface area (Å²) in [6.45, 7) is 0. The first kappa shape index (κ1) is 23.5. The Morgan fingerprint density at radius 1 is 1.00 bits per heavy atom. The van der Waals surface area contributed by atoms with E-state index < -0.39 is 24.5 Å². The minimum absolute atomic E-state index is 0.302. The van der Waals surface area contributed by atoms with E-state index in [-0.39, 0.29) is 5.63 Å². The van der Waals surface area contributed by atoms with Gasteiger partial charge in [0.2, 0.25) is 8.53 Å². The molecule has 0 saturated carbocycles. The Morgan fingerprint density at radius 2 is 1.60 bits per heavy atom. The second-order valence-electron chi connectivity index (χ2n) is 5.79. The predicted molar refractivity (Wildman–Crippen MR) is 116 cm³/mol. The molecule has 0 aliphatic carbocycles. The molecule has 2 aromatic heterocycles. The van der Waals surface area contributed by atoms with Crippen LogP contribution in [0.1, 0.15) is 0 Å². The van der Waals surface area contributed by atoms with Crippen molar-refractivity contribution in [1.29, 1.82) is 0 Å². The maximum absolute atomic E-state index is 10.7. The van der Waals surface area contributed by atoms with Crippen LogP contribution in [0.2, 0.25) is 0 Å². The maximum Gasteiger partial charge on any atom is 0.336 e. The van der Waals surface area contributed by atoms with Crippen molar-refractivity contribution in [2.45, 2.75) is 0 Å². The monoisotopic (exact) mass is 453 g/mol. The largest absolute Gasteiger partial charge is 0.423 e. The third-order valence-corrected chi connectivity index (χ3v) is 4.01. The molecule has 2 aromatic carbocycles. The molecule has 0 radical (unpaired) electrons. The van der Waals surface area contributed by atoms with Crippen molar-refractivity contribution in [1.82, 2.24) is 4.98 Å². The van der Waals surface area contributed by atoms with Gasteiger partial charge in [-0.25, -0.2) is 4.79 Å². The Hall–Kier alpha value is -2.79. The van der Waals surface area contributed by atoms with Crippen LogP contribution in [0.25, 0.3) is 21.9 Å². The minimum atomic E-state index is -3.99. The molecule has 160 valence electrons. The quantitative estimate of drug-likeness (QED) is 0.154. The Bertz CT molecular complexity index is 1220. The highest BCUT2D eigenvalue weighted by molar-refractivity contribution is 7.85. The molecule has 0 aliphatic rings. The number of H-pyrrole nitrogens is 1. The highest BCUT2D eigenvalue weighted by Gasteiger charge is 2.05. The number of benzene rings is 2. The van der Waals surface area contributed by atoms with E-state index in [1.165, 1.54) is 6.07 Å². The Kier molecular flexibility index (Phi) is 8.48. The van der Waals surface area contributed by atoms with Crippen LogP contribution in [0, 0.1) is 0 Å². The van der Waals surface area contributed by atoms with Gasteiger partial charge in [-0.1, -0.05) is 36.4 Å². The standard InChI is InChI=1S/C9H10N2O3S.C9H6O2.H4NO2P/c12-15(13,14)6-10-9-5-7-3-1-2-4-8(7)11-9;10-9-6-5-7-3-1-2-4-8(7)11-9;1-4(2)3/h1-5,10-11H,6H2,(H,12,13,14);1-6H;2-3H,1H2. The summed E-state index contributed by atoms with van der Waals surface area (Å²) >= 11 is 0. The van der Waals surface area contributed by atoms with Gasteiger partial charge in [-0.15, -0.1) is 0 Å². The lowest BCUT2D eigenvalue weighted by Gasteiger charge is -1.99. The van der Waals surface area contributed by atoms with Crippen molar-refractivity contribution >= 4 is 46.3 Å². The van der Waals surface area contributed by atoms with E-state index in [1.54, 1.807) is 18.2 Å². The molecule has 2 heterocycles. The number of hydrogen-bond acceptors (Lipinski definition) is 8. The van der Waals surface area contributed by atoms with Gasteiger partial charge < -0.3 is 24.5 Å². The van der Waals surface area contributed by atoms with Crippen molar-refractivity contribution < 1.29 is 27.2 Å². The van der Waals surface area contributed by atoms with E-state index in [0.29, 0.717) is 11.4 Å². The van der Waals surface area contributed by atoms with Crippen molar-refractivity contribution in [2.24, 2.45) is 5.50 Å². The van der Waals surface area contributed by atoms with Gasteiger partial charge in [0.15, 0.2) is 0 Å². The summed E-state index contributed by atoms with van der Waals surface area (Å²) in [6.07, 6.45) is 0. The van der Waals surface area contributed by atoms with E-state index in [0.717, 1.165) is 16.3 Å². The van der Waals surface area contributed by atoms with E-state index in [2.05, 4.69) is 15.8 Å². The second kappa shape index (κ2) is 10.8. The Balaban J connectivity index is 0.000000187. The van der Waals surface area contributed by atoms with Gasteiger partial charge >= 0.3 is 5.63 Å². The average molecular weight is 453 g/mol. The van der Waals surface area contributed by atoms with Gasteiger partial charge in [0.1, 0.15) is 17.3 Å². The van der Waals surface area contributed by atoms with Crippen LogP contribution in [0.3, 0.4) is 0 Å². The van der Waals surface area contributed by atoms with Gasteiger partial charge in [-0.05, 0) is 24.3 Å². The molecule has 0 unspecified atom stereocenters. The number of anilines is 1. The fraction of sp³-hybridized carbons (Fsp3) is 0.0556.